The number of nitrogens with one attached hydrogen (secondary N) is 2. The van der Waals surface area contributed by atoms with Gasteiger partial charge in [-0.2, -0.15) is 0 Å². The first-order valence-corrected chi connectivity index (χ1v) is 6.46. The van der Waals surface area contributed by atoms with Gasteiger partial charge in [-0.15, -0.1) is 0 Å². The van der Waals surface area contributed by atoms with Crippen molar-refractivity contribution in [1.82, 2.24) is 5.32 Å². The molecule has 21 heavy (non-hydrogen) atoms. The number of hydrogen-bond donors (Lipinski definition) is 2. The number of para-hydroxylation sites is 1. The topological polar surface area (TPSA) is 58.2 Å². The number of benzene rings is 2. The van der Waals surface area contributed by atoms with Gasteiger partial charge in [0.15, 0.2) is 0 Å². The molecule has 2 aromatic rings. The number of carbonyl (C=O) groups is 2. The number of anilines is 1. The van der Waals surface area contributed by atoms with Crippen LogP contribution in [0.2, 0.25) is 0 Å². The van der Waals surface area contributed by atoms with Crippen molar-refractivity contribution in [1.29, 1.82) is 0 Å². The Morgan fingerprint density at radius 2 is 1.71 bits per heavy atom. The first-order valence-electron chi connectivity index (χ1n) is 6.46. The molecule has 2 rings (SSSR count). The standard InChI is InChI=1S/C16H15FN2O2/c1-18-16(21)12-7-3-5-9-14(12)19-15(20)10-11-6-2-4-8-13(11)17/h2-9H,10H2,1H3,(H,18,21)(H,19,20). The van der Waals surface area contributed by atoms with E-state index < -0.39 is 5.82 Å². The van der Waals surface area contributed by atoms with Crippen LogP contribution in [0, 0.1) is 5.82 Å². The maximum atomic E-state index is 13.5. The Hall–Kier alpha value is -2.69. The lowest BCUT2D eigenvalue weighted by Gasteiger charge is -2.10. The molecule has 4 nitrogen and oxygen atoms in total. The summed E-state index contributed by atoms with van der Waals surface area (Å²) in [7, 11) is 1.51. The summed E-state index contributed by atoms with van der Waals surface area (Å²) in [4.78, 5) is 23.7. The van der Waals surface area contributed by atoms with Gasteiger partial charge in [-0.1, -0.05) is 30.3 Å². The number of halogens is 1. The van der Waals surface area contributed by atoms with Gasteiger partial charge in [-0.25, -0.2) is 4.39 Å². The molecule has 0 aromatic heterocycles. The van der Waals surface area contributed by atoms with Crippen molar-refractivity contribution in [2.24, 2.45) is 0 Å². The summed E-state index contributed by atoms with van der Waals surface area (Å²) in [6.07, 6.45) is -0.0885. The summed E-state index contributed by atoms with van der Waals surface area (Å²) < 4.78 is 13.5. The summed E-state index contributed by atoms with van der Waals surface area (Å²) in [6.45, 7) is 0. The highest BCUT2D eigenvalue weighted by Gasteiger charge is 2.13. The van der Waals surface area contributed by atoms with E-state index in [1.54, 1.807) is 42.5 Å². The van der Waals surface area contributed by atoms with Crippen molar-refractivity contribution >= 4 is 17.5 Å². The van der Waals surface area contributed by atoms with E-state index in [2.05, 4.69) is 10.6 Å². The zero-order valence-electron chi connectivity index (χ0n) is 11.5. The van der Waals surface area contributed by atoms with Crippen molar-refractivity contribution in [3.63, 3.8) is 0 Å². The Morgan fingerprint density at radius 3 is 2.43 bits per heavy atom. The highest BCUT2D eigenvalue weighted by Crippen LogP contribution is 2.16. The second-order valence-electron chi connectivity index (χ2n) is 4.44. The van der Waals surface area contributed by atoms with Gasteiger partial charge in [0.2, 0.25) is 5.91 Å². The summed E-state index contributed by atoms with van der Waals surface area (Å²) in [5, 5.41) is 5.14. The predicted octanol–water partition coefficient (Wildman–Crippen LogP) is 2.37. The molecule has 0 heterocycles. The van der Waals surface area contributed by atoms with Crippen molar-refractivity contribution in [3.8, 4) is 0 Å². The van der Waals surface area contributed by atoms with Crippen LogP contribution in [0.4, 0.5) is 10.1 Å². The van der Waals surface area contributed by atoms with Crippen molar-refractivity contribution in [3.05, 3.63) is 65.5 Å². The van der Waals surface area contributed by atoms with Gasteiger partial charge in [-0.05, 0) is 23.8 Å². The Labute approximate surface area is 122 Å². The molecule has 108 valence electrons. The molecule has 0 saturated heterocycles. The Balaban J connectivity index is 2.14. The van der Waals surface area contributed by atoms with E-state index in [1.165, 1.54) is 13.1 Å². The van der Waals surface area contributed by atoms with Gasteiger partial charge < -0.3 is 10.6 Å². The molecule has 0 spiro atoms. The van der Waals surface area contributed by atoms with Crippen LogP contribution >= 0.6 is 0 Å². The quantitative estimate of drug-likeness (QED) is 0.906. The third-order valence-corrected chi connectivity index (χ3v) is 2.98. The zero-order valence-corrected chi connectivity index (χ0v) is 11.5. The number of hydrogen-bond acceptors (Lipinski definition) is 2. The molecule has 5 heteroatoms. The largest absolute Gasteiger partial charge is 0.355 e. The minimum Gasteiger partial charge on any atom is -0.355 e. The molecule has 0 fully saturated rings. The molecule has 0 bridgehead atoms. The normalized spacial score (nSPS) is 10.0. The summed E-state index contributed by atoms with van der Waals surface area (Å²) >= 11 is 0. The van der Waals surface area contributed by atoms with Crippen molar-refractivity contribution in [2.75, 3.05) is 12.4 Å². The van der Waals surface area contributed by atoms with Crippen LogP contribution in [0.3, 0.4) is 0 Å². The molecule has 0 saturated carbocycles. The van der Waals surface area contributed by atoms with E-state index in [9.17, 15) is 14.0 Å². The van der Waals surface area contributed by atoms with Gasteiger partial charge >= 0.3 is 0 Å². The Morgan fingerprint density at radius 1 is 1.05 bits per heavy atom. The fourth-order valence-electron chi connectivity index (χ4n) is 1.93. The monoisotopic (exact) mass is 286 g/mol. The van der Waals surface area contributed by atoms with Gasteiger partial charge in [0.05, 0.1) is 17.7 Å². The van der Waals surface area contributed by atoms with Crippen LogP contribution in [-0.4, -0.2) is 18.9 Å². The third-order valence-electron chi connectivity index (χ3n) is 2.98. The van der Waals surface area contributed by atoms with E-state index in [0.717, 1.165) is 0 Å². The van der Waals surface area contributed by atoms with E-state index >= 15 is 0 Å². The molecular formula is C16H15FN2O2. The molecule has 0 aliphatic carbocycles. The minimum absolute atomic E-state index is 0.0885. The third kappa shape index (κ3) is 3.66. The van der Waals surface area contributed by atoms with Gasteiger partial charge in [-0.3, -0.25) is 9.59 Å². The average molecular weight is 286 g/mol. The number of amides is 2. The Kier molecular flexibility index (Phi) is 4.66. The molecule has 0 aliphatic heterocycles. The van der Waals surface area contributed by atoms with Crippen LogP contribution in [0.5, 0.6) is 0 Å². The lowest BCUT2D eigenvalue weighted by atomic mass is 10.1. The summed E-state index contributed by atoms with van der Waals surface area (Å²) in [6, 6.07) is 12.8. The van der Waals surface area contributed by atoms with E-state index in [1.807, 2.05) is 0 Å². The van der Waals surface area contributed by atoms with Gasteiger partial charge in [0.1, 0.15) is 5.82 Å². The maximum Gasteiger partial charge on any atom is 0.253 e. The maximum absolute atomic E-state index is 13.5. The number of carbonyl (C=O) groups excluding carboxylic acids is 2. The second-order valence-corrected chi connectivity index (χ2v) is 4.44. The lowest BCUT2D eigenvalue weighted by molar-refractivity contribution is -0.115. The average Bonchev–Trinajstić information content (AvgIpc) is 2.49. The fraction of sp³-hybridized carbons (Fsp3) is 0.125. The minimum atomic E-state index is -0.424. The predicted molar refractivity (Wildman–Crippen MR) is 78.6 cm³/mol. The molecule has 0 radical (unpaired) electrons. The summed E-state index contributed by atoms with van der Waals surface area (Å²) in [5.74, 6) is -1.10. The van der Waals surface area contributed by atoms with Crippen LogP contribution in [0.25, 0.3) is 0 Å². The first-order chi connectivity index (χ1) is 10.1. The van der Waals surface area contributed by atoms with E-state index in [0.29, 0.717) is 16.8 Å². The van der Waals surface area contributed by atoms with Crippen LogP contribution in [0.15, 0.2) is 48.5 Å². The molecular weight excluding hydrogens is 271 g/mol. The van der Waals surface area contributed by atoms with Gasteiger partial charge in [0.25, 0.3) is 5.91 Å². The second kappa shape index (κ2) is 6.65. The fourth-order valence-corrected chi connectivity index (χ4v) is 1.93. The molecule has 0 aliphatic rings. The molecule has 2 amide bonds. The summed E-state index contributed by atoms with van der Waals surface area (Å²) in [5.41, 5.74) is 1.08. The number of rotatable bonds is 4. The molecule has 2 N–H and O–H groups in total. The first kappa shape index (κ1) is 14.7. The lowest BCUT2D eigenvalue weighted by Crippen LogP contribution is -2.22. The Bertz CT molecular complexity index is 671. The molecule has 0 atom stereocenters. The van der Waals surface area contributed by atoms with Crippen LogP contribution < -0.4 is 10.6 Å². The van der Waals surface area contributed by atoms with Gasteiger partial charge in [0, 0.05) is 7.05 Å². The molecule has 2 aromatic carbocycles. The van der Waals surface area contributed by atoms with E-state index in [4.69, 9.17) is 0 Å². The highest BCUT2D eigenvalue weighted by atomic mass is 19.1. The van der Waals surface area contributed by atoms with Crippen LogP contribution in [0.1, 0.15) is 15.9 Å². The van der Waals surface area contributed by atoms with E-state index in [-0.39, 0.29) is 18.2 Å². The van der Waals surface area contributed by atoms with Crippen molar-refractivity contribution < 1.29 is 14.0 Å². The molecule has 0 unspecified atom stereocenters. The zero-order chi connectivity index (χ0) is 15.2. The highest BCUT2D eigenvalue weighted by molar-refractivity contribution is 6.03. The van der Waals surface area contributed by atoms with Crippen LogP contribution in [-0.2, 0) is 11.2 Å². The van der Waals surface area contributed by atoms with Crippen molar-refractivity contribution in [2.45, 2.75) is 6.42 Å². The SMILES string of the molecule is CNC(=O)c1ccccc1NC(=O)Cc1ccccc1F. The smallest absolute Gasteiger partial charge is 0.253 e.